The van der Waals surface area contributed by atoms with Gasteiger partial charge in [0.2, 0.25) is 0 Å². The van der Waals surface area contributed by atoms with E-state index in [0.717, 1.165) is 28.2 Å². The number of hydrogen-bond acceptors (Lipinski definition) is 5. The molecule has 27 heavy (non-hydrogen) atoms. The molecule has 1 aromatic carbocycles. The Bertz CT molecular complexity index is 844. The number of phenolic OH excluding ortho intramolecular Hbond substituents is 1. The topological polar surface area (TPSA) is 71.5 Å². The van der Waals surface area contributed by atoms with Gasteiger partial charge in [-0.3, -0.25) is 4.98 Å². The third kappa shape index (κ3) is 4.65. The van der Waals surface area contributed by atoms with Crippen molar-refractivity contribution in [2.75, 3.05) is 31.3 Å². The minimum atomic E-state index is -2.46. The third-order valence-corrected chi connectivity index (χ3v) is 9.00. The van der Waals surface area contributed by atoms with Gasteiger partial charge in [-0.15, -0.1) is 0 Å². The highest BCUT2D eigenvalue weighted by Gasteiger charge is 2.32. The average molecular weight is 390 g/mol. The molecule has 5 nitrogen and oxygen atoms in total. The van der Waals surface area contributed by atoms with Crippen molar-refractivity contribution in [1.82, 2.24) is 4.98 Å². The summed E-state index contributed by atoms with van der Waals surface area (Å²) in [7, 11) is -0.926. The summed E-state index contributed by atoms with van der Waals surface area (Å²) in [6, 6.07) is 7.72. The Kier molecular flexibility index (Phi) is 6.94. The largest absolute Gasteiger partial charge is 0.504 e. The number of nitrogens with one attached hydrogen (secondary N) is 1. The number of aryl methyl sites for hydroxylation is 3. The molecule has 0 fully saturated rings. The summed E-state index contributed by atoms with van der Waals surface area (Å²) in [5.41, 5.74) is 4.34. The van der Waals surface area contributed by atoms with Crippen LogP contribution in [-0.2, 0) is 4.57 Å². The average Bonchev–Trinajstić information content (AvgIpc) is 2.65. The van der Waals surface area contributed by atoms with Crippen LogP contribution >= 0.6 is 7.14 Å². The number of aromatic hydroxyl groups is 1. The number of rotatable bonds is 8. The molecule has 2 rings (SSSR count). The number of ether oxygens (including phenoxy) is 1. The van der Waals surface area contributed by atoms with E-state index in [0.29, 0.717) is 24.6 Å². The fourth-order valence-corrected chi connectivity index (χ4v) is 5.87. The molecule has 148 valence electrons. The molecule has 0 amide bonds. The Morgan fingerprint density at radius 2 is 1.85 bits per heavy atom. The summed E-state index contributed by atoms with van der Waals surface area (Å²) in [6.45, 7) is 10.3. The molecule has 0 saturated carbocycles. The number of pyridine rings is 1. The van der Waals surface area contributed by atoms with Gasteiger partial charge in [0.05, 0.1) is 31.3 Å². The molecule has 1 atom stereocenters. The van der Waals surface area contributed by atoms with Crippen molar-refractivity contribution in [3.63, 3.8) is 0 Å². The maximum atomic E-state index is 13.6. The molecule has 0 aliphatic rings. The van der Waals surface area contributed by atoms with Crippen LogP contribution < -0.4 is 10.1 Å². The van der Waals surface area contributed by atoms with Crippen LogP contribution in [-0.4, -0.2) is 36.1 Å². The van der Waals surface area contributed by atoms with Gasteiger partial charge in [0.1, 0.15) is 0 Å². The molecular formula is C21H31N2O3P. The minimum absolute atomic E-state index is 0.134. The zero-order valence-electron chi connectivity index (χ0n) is 17.2. The van der Waals surface area contributed by atoms with Crippen LogP contribution in [0.25, 0.3) is 0 Å². The highest BCUT2D eigenvalue weighted by Crippen LogP contribution is 2.59. The summed E-state index contributed by atoms with van der Waals surface area (Å²) >= 11 is 0. The van der Waals surface area contributed by atoms with Crippen LogP contribution in [0.15, 0.2) is 24.3 Å². The molecule has 0 radical (unpaired) electrons. The first kappa shape index (κ1) is 21.3. The Labute approximate surface area is 162 Å². The maximum Gasteiger partial charge on any atom is 0.161 e. The number of nitrogens with zero attached hydrogens (tertiary/aromatic N) is 1. The van der Waals surface area contributed by atoms with E-state index in [9.17, 15) is 9.67 Å². The van der Waals surface area contributed by atoms with E-state index in [1.807, 2.05) is 58.9 Å². The molecule has 0 saturated heterocycles. The number of benzene rings is 1. The van der Waals surface area contributed by atoms with Gasteiger partial charge in [-0.05, 0) is 62.4 Å². The van der Waals surface area contributed by atoms with Crippen LogP contribution in [0.5, 0.6) is 11.5 Å². The molecule has 0 aliphatic heterocycles. The number of anilines is 1. The van der Waals surface area contributed by atoms with Gasteiger partial charge in [-0.2, -0.15) is 0 Å². The van der Waals surface area contributed by atoms with Crippen molar-refractivity contribution in [2.24, 2.45) is 0 Å². The van der Waals surface area contributed by atoms with E-state index in [-0.39, 0.29) is 11.4 Å². The Hall–Kier alpha value is -2.00. The number of hydrogen-bond donors (Lipinski definition) is 2. The van der Waals surface area contributed by atoms with E-state index in [4.69, 9.17) is 4.74 Å². The first-order valence-corrected chi connectivity index (χ1v) is 11.5. The van der Waals surface area contributed by atoms with Crippen molar-refractivity contribution in [2.45, 2.75) is 40.3 Å². The lowest BCUT2D eigenvalue weighted by atomic mass is 10.1. The van der Waals surface area contributed by atoms with Crippen molar-refractivity contribution in [1.29, 1.82) is 0 Å². The summed E-state index contributed by atoms with van der Waals surface area (Å²) in [5, 5.41) is 13.6. The fourth-order valence-electron chi connectivity index (χ4n) is 3.42. The van der Waals surface area contributed by atoms with Crippen molar-refractivity contribution in [3.8, 4) is 11.5 Å². The second-order valence-corrected chi connectivity index (χ2v) is 10.7. The quantitative estimate of drug-likeness (QED) is 0.600. The first-order valence-electron chi connectivity index (χ1n) is 9.39. The van der Waals surface area contributed by atoms with Gasteiger partial charge in [0, 0.05) is 12.2 Å². The van der Waals surface area contributed by atoms with E-state index in [1.54, 1.807) is 0 Å². The molecule has 1 unspecified atom stereocenters. The Morgan fingerprint density at radius 3 is 2.41 bits per heavy atom. The van der Waals surface area contributed by atoms with Crippen LogP contribution in [0, 0.1) is 20.8 Å². The highest BCUT2D eigenvalue weighted by atomic mass is 31.2. The van der Waals surface area contributed by atoms with Gasteiger partial charge in [0.25, 0.3) is 0 Å². The fraction of sp³-hybridized carbons (Fsp3) is 0.476. The summed E-state index contributed by atoms with van der Waals surface area (Å²) < 4.78 is 19.0. The summed E-state index contributed by atoms with van der Waals surface area (Å²) in [5.74, 6) is 0.552. The van der Waals surface area contributed by atoms with Gasteiger partial charge >= 0.3 is 0 Å². The molecule has 0 bridgehead atoms. The van der Waals surface area contributed by atoms with Gasteiger partial charge < -0.3 is 19.7 Å². The lowest BCUT2D eigenvalue weighted by Gasteiger charge is -2.28. The zero-order chi connectivity index (χ0) is 20.2. The monoisotopic (exact) mass is 390 g/mol. The minimum Gasteiger partial charge on any atom is -0.504 e. The normalized spacial score (nSPS) is 12.7. The molecule has 2 aromatic rings. The van der Waals surface area contributed by atoms with Crippen molar-refractivity contribution < 1.29 is 14.4 Å². The Balaban J connectivity index is 2.43. The second kappa shape index (κ2) is 8.79. The predicted molar refractivity (Wildman–Crippen MR) is 113 cm³/mol. The van der Waals surface area contributed by atoms with Crippen LogP contribution in [0.1, 0.15) is 42.0 Å². The Morgan fingerprint density at radius 1 is 1.19 bits per heavy atom. The van der Waals surface area contributed by atoms with E-state index in [1.165, 1.54) is 7.11 Å². The third-order valence-electron chi connectivity index (χ3n) is 5.24. The van der Waals surface area contributed by atoms with Crippen LogP contribution in [0.3, 0.4) is 0 Å². The van der Waals surface area contributed by atoms with Gasteiger partial charge in [-0.1, -0.05) is 19.9 Å². The zero-order valence-corrected chi connectivity index (χ0v) is 18.1. The molecule has 2 N–H and O–H groups in total. The second-order valence-electron chi connectivity index (χ2n) is 6.96. The maximum absolute atomic E-state index is 13.6. The molecule has 6 heteroatoms. The van der Waals surface area contributed by atoms with E-state index in [2.05, 4.69) is 10.3 Å². The number of aromatic nitrogens is 1. The van der Waals surface area contributed by atoms with Crippen LogP contribution in [0.2, 0.25) is 0 Å². The first-order chi connectivity index (χ1) is 12.8. The van der Waals surface area contributed by atoms with Crippen molar-refractivity contribution in [3.05, 3.63) is 46.8 Å². The molecule has 0 aliphatic carbocycles. The van der Waals surface area contributed by atoms with Gasteiger partial charge in [0.15, 0.2) is 11.5 Å². The van der Waals surface area contributed by atoms with E-state index >= 15 is 0 Å². The summed E-state index contributed by atoms with van der Waals surface area (Å²) in [6.07, 6.45) is 1.26. The lowest BCUT2D eigenvalue weighted by molar-refractivity contribution is 0.371. The molecule has 1 heterocycles. The van der Waals surface area contributed by atoms with E-state index < -0.39 is 7.14 Å². The lowest BCUT2D eigenvalue weighted by Crippen LogP contribution is -2.16. The standard InChI is InChI=1S/C21H31N2O3P/c1-7-27(25,8-2)20(13-22-18-10-9-15(4)23-16(18)5)17-11-14(3)21(24)19(12-17)26-6/h9-12,20,22,24H,7-8,13H2,1-6H3. The van der Waals surface area contributed by atoms with Crippen molar-refractivity contribution >= 4 is 12.8 Å². The molecule has 1 aromatic heterocycles. The summed E-state index contributed by atoms with van der Waals surface area (Å²) in [4.78, 5) is 4.50. The smallest absolute Gasteiger partial charge is 0.161 e. The molecular weight excluding hydrogens is 359 g/mol. The number of methoxy groups -OCH3 is 1. The van der Waals surface area contributed by atoms with Crippen LogP contribution in [0.4, 0.5) is 5.69 Å². The highest BCUT2D eigenvalue weighted by molar-refractivity contribution is 7.64. The molecule has 0 spiro atoms. The van der Waals surface area contributed by atoms with Gasteiger partial charge in [-0.25, -0.2) is 0 Å². The predicted octanol–water partition coefficient (Wildman–Crippen LogP) is 5.28. The number of phenols is 1. The SMILES string of the molecule is CCP(=O)(CC)C(CNc1ccc(C)nc1C)c1cc(C)c(O)c(OC)c1.